The Morgan fingerprint density at radius 2 is 1.97 bits per heavy atom. The first-order chi connectivity index (χ1) is 17.3. The number of carboxylic acid groups (broad SMARTS) is 1. The van der Waals surface area contributed by atoms with Gasteiger partial charge in [-0.1, -0.05) is 34.8 Å². The van der Waals surface area contributed by atoms with Gasteiger partial charge in [0.2, 0.25) is 0 Å². The fourth-order valence-electron chi connectivity index (χ4n) is 4.96. The summed E-state index contributed by atoms with van der Waals surface area (Å²) in [5, 5.41) is 14.1. The van der Waals surface area contributed by atoms with Crippen LogP contribution >= 0.6 is 15.9 Å². The molecule has 0 bridgehead atoms. The number of hydrogen-bond acceptors (Lipinski definition) is 4. The van der Waals surface area contributed by atoms with Crippen LogP contribution in [-0.4, -0.2) is 30.4 Å². The number of aliphatic carboxylic acids is 1. The molecular weight excluding hydrogens is 534 g/mol. The number of hydrogen-bond donors (Lipinski definition) is 1. The highest BCUT2D eigenvalue weighted by atomic mass is 79.9. The molecule has 0 amide bonds. The van der Waals surface area contributed by atoms with Gasteiger partial charge in [0.1, 0.15) is 29.5 Å². The van der Waals surface area contributed by atoms with Gasteiger partial charge in [-0.25, -0.2) is 13.8 Å². The Morgan fingerprint density at radius 3 is 2.69 bits per heavy atom. The highest BCUT2D eigenvalue weighted by Crippen LogP contribution is 2.40. The molecule has 0 unspecified atom stereocenters. The first-order valence-electron chi connectivity index (χ1n) is 11.8. The molecule has 10 heteroatoms. The summed E-state index contributed by atoms with van der Waals surface area (Å²) in [6, 6.07) is 9.51. The summed E-state index contributed by atoms with van der Waals surface area (Å²) >= 11 is 3.27. The number of fused-ring (bicyclic) bond motifs is 1. The molecule has 4 aromatic rings. The van der Waals surface area contributed by atoms with Crippen molar-refractivity contribution in [3.63, 3.8) is 0 Å². The second-order valence-corrected chi connectivity index (χ2v) is 10.1. The zero-order chi connectivity index (χ0) is 25.4. The van der Waals surface area contributed by atoms with Crippen molar-refractivity contribution in [3.8, 4) is 5.75 Å². The van der Waals surface area contributed by atoms with Crippen molar-refractivity contribution < 1.29 is 23.4 Å². The summed E-state index contributed by atoms with van der Waals surface area (Å²) in [6.45, 7) is 0.231. The Kier molecular flexibility index (Phi) is 6.79. The van der Waals surface area contributed by atoms with Crippen LogP contribution in [0.2, 0.25) is 0 Å². The van der Waals surface area contributed by atoms with Gasteiger partial charge < -0.3 is 14.4 Å². The number of aryl methyl sites for hydroxylation is 1. The average molecular weight is 559 g/mol. The molecule has 2 heterocycles. The monoisotopic (exact) mass is 558 g/mol. The van der Waals surface area contributed by atoms with Crippen molar-refractivity contribution in [2.45, 2.75) is 44.8 Å². The van der Waals surface area contributed by atoms with Gasteiger partial charge in [0.15, 0.2) is 5.82 Å². The zero-order valence-electron chi connectivity index (χ0n) is 19.6. The predicted octanol–water partition coefficient (Wildman–Crippen LogP) is 5.80. The van der Waals surface area contributed by atoms with Crippen LogP contribution in [0.1, 0.15) is 48.7 Å². The maximum atomic E-state index is 15.3. The third-order valence-electron chi connectivity index (χ3n) is 6.72. The summed E-state index contributed by atoms with van der Waals surface area (Å²) in [5.74, 6) is -2.19. The van der Waals surface area contributed by atoms with Crippen molar-refractivity contribution in [2.24, 2.45) is 13.0 Å². The number of ether oxygens (including phenoxy) is 1. The van der Waals surface area contributed by atoms with Gasteiger partial charge in [0.05, 0.1) is 23.7 Å². The van der Waals surface area contributed by atoms with Crippen LogP contribution in [0.25, 0.3) is 11.0 Å². The van der Waals surface area contributed by atoms with Crippen LogP contribution in [0, 0.1) is 17.6 Å². The largest absolute Gasteiger partial charge is 0.487 e. The van der Waals surface area contributed by atoms with Gasteiger partial charge in [-0.2, -0.15) is 5.10 Å². The van der Waals surface area contributed by atoms with Crippen LogP contribution in [-0.2, 0) is 25.0 Å². The van der Waals surface area contributed by atoms with Crippen molar-refractivity contribution in [1.82, 2.24) is 19.3 Å². The highest BCUT2D eigenvalue weighted by Gasteiger charge is 2.36. The zero-order valence-corrected chi connectivity index (χ0v) is 21.2. The Morgan fingerprint density at radius 1 is 1.17 bits per heavy atom. The molecule has 1 N–H and O–H groups in total. The van der Waals surface area contributed by atoms with Gasteiger partial charge in [-0.3, -0.25) is 9.48 Å². The van der Waals surface area contributed by atoms with Gasteiger partial charge in [0, 0.05) is 41.3 Å². The molecule has 2 aromatic carbocycles. The second-order valence-electron chi connectivity index (χ2n) is 9.17. The molecule has 1 aliphatic carbocycles. The molecule has 2 atom stereocenters. The first-order valence-corrected chi connectivity index (χ1v) is 12.6. The Balaban J connectivity index is 1.60. The molecule has 7 nitrogen and oxygen atoms in total. The Hall–Kier alpha value is -3.27. The minimum absolute atomic E-state index is 0.0803. The molecule has 1 saturated carbocycles. The molecular formula is C26H25BrF2N4O3. The number of carbonyl (C=O) groups is 1. The molecule has 0 radical (unpaired) electrons. The van der Waals surface area contributed by atoms with E-state index in [0.717, 1.165) is 12.8 Å². The lowest BCUT2D eigenvalue weighted by Crippen LogP contribution is -2.28. The van der Waals surface area contributed by atoms with Crippen LogP contribution in [0.4, 0.5) is 8.78 Å². The van der Waals surface area contributed by atoms with Gasteiger partial charge in [0.25, 0.3) is 0 Å². The smallest absolute Gasteiger partial charge is 0.307 e. The van der Waals surface area contributed by atoms with Crippen LogP contribution < -0.4 is 4.74 Å². The van der Waals surface area contributed by atoms with E-state index in [-0.39, 0.29) is 24.4 Å². The molecule has 5 rings (SSSR count). The van der Waals surface area contributed by atoms with E-state index < -0.39 is 29.4 Å². The van der Waals surface area contributed by atoms with Crippen LogP contribution in [0.15, 0.2) is 47.1 Å². The lowest BCUT2D eigenvalue weighted by Gasteiger charge is -2.28. The average Bonchev–Trinajstić information content (AvgIpc) is 3.43. The standard InChI is InChI=1S/C26H25BrF2N4O3/c1-32-9-8-17(31-32)14-36-18-11-22(29)24-23(12-18)33(13-15-6-7-16(27)10-21(15)28)25(30-24)19-4-2-3-5-20(19)26(34)35/h6-12,19-20H,2-5,13-14H2,1H3,(H,34,35)/t19-,20+/m0/s1. The maximum absolute atomic E-state index is 15.3. The quantitative estimate of drug-likeness (QED) is 0.310. The minimum Gasteiger partial charge on any atom is -0.487 e. The maximum Gasteiger partial charge on any atom is 0.307 e. The van der Waals surface area contributed by atoms with E-state index in [2.05, 4.69) is 26.0 Å². The van der Waals surface area contributed by atoms with Gasteiger partial charge in [-0.05, 0) is 31.0 Å². The second kappa shape index (κ2) is 10.0. The van der Waals surface area contributed by atoms with E-state index in [1.54, 1.807) is 40.7 Å². The number of benzene rings is 2. The summed E-state index contributed by atoms with van der Waals surface area (Å²) in [7, 11) is 1.80. The van der Waals surface area contributed by atoms with E-state index in [1.165, 1.54) is 12.1 Å². The number of rotatable bonds is 7. The molecule has 1 fully saturated rings. The summed E-state index contributed by atoms with van der Waals surface area (Å²) < 4.78 is 39.9. The fraction of sp³-hybridized carbons (Fsp3) is 0.346. The minimum atomic E-state index is -0.895. The molecule has 1 aliphatic rings. The lowest BCUT2D eigenvalue weighted by molar-refractivity contribution is -0.143. The van der Waals surface area contributed by atoms with Crippen molar-refractivity contribution >= 4 is 32.9 Å². The van der Waals surface area contributed by atoms with Crippen molar-refractivity contribution in [1.29, 1.82) is 0 Å². The summed E-state index contributed by atoms with van der Waals surface area (Å²) in [5.41, 5.74) is 1.62. The predicted molar refractivity (Wildman–Crippen MR) is 133 cm³/mol. The molecule has 0 aliphatic heterocycles. The number of imidazole rings is 1. The van der Waals surface area contributed by atoms with Crippen molar-refractivity contribution in [2.75, 3.05) is 0 Å². The number of carboxylic acids is 1. The van der Waals surface area contributed by atoms with Gasteiger partial charge >= 0.3 is 5.97 Å². The molecule has 0 saturated heterocycles. The topological polar surface area (TPSA) is 82.2 Å². The molecule has 36 heavy (non-hydrogen) atoms. The third kappa shape index (κ3) is 4.86. The molecule has 188 valence electrons. The first kappa shape index (κ1) is 24.4. The van der Waals surface area contributed by atoms with E-state index in [0.29, 0.717) is 39.9 Å². The lowest BCUT2D eigenvalue weighted by atomic mass is 9.78. The van der Waals surface area contributed by atoms with Crippen LogP contribution in [0.3, 0.4) is 0 Å². The fourth-order valence-corrected chi connectivity index (χ4v) is 5.29. The van der Waals surface area contributed by atoms with E-state index in [4.69, 9.17) is 4.74 Å². The van der Waals surface area contributed by atoms with E-state index >= 15 is 4.39 Å². The third-order valence-corrected chi connectivity index (χ3v) is 7.22. The SMILES string of the molecule is Cn1ccc(COc2cc(F)c3nc([C@H]4CCCC[C@H]4C(=O)O)n(Cc4ccc(Br)cc4F)c3c2)n1. The van der Waals surface area contributed by atoms with Crippen molar-refractivity contribution in [3.05, 3.63) is 75.8 Å². The normalized spacial score (nSPS) is 18.0. The van der Waals surface area contributed by atoms with Gasteiger partial charge in [-0.15, -0.1) is 0 Å². The molecule has 2 aromatic heterocycles. The van der Waals surface area contributed by atoms with E-state index in [9.17, 15) is 14.3 Å². The number of nitrogens with zero attached hydrogens (tertiary/aromatic N) is 4. The summed E-state index contributed by atoms with van der Waals surface area (Å²) in [6.07, 6.45) is 4.60. The van der Waals surface area contributed by atoms with Crippen LogP contribution in [0.5, 0.6) is 5.75 Å². The Bertz CT molecular complexity index is 1430. The van der Waals surface area contributed by atoms with E-state index in [1.807, 2.05) is 6.07 Å². The number of halogens is 3. The molecule has 0 spiro atoms. The number of aromatic nitrogens is 4. The Labute approximate surface area is 214 Å². The highest BCUT2D eigenvalue weighted by molar-refractivity contribution is 9.10. The summed E-state index contributed by atoms with van der Waals surface area (Å²) in [4.78, 5) is 16.6.